The zero-order valence-electron chi connectivity index (χ0n) is 15.1. The summed E-state index contributed by atoms with van der Waals surface area (Å²) in [4.78, 5) is 14.6. The number of rotatable bonds is 6. The van der Waals surface area contributed by atoms with Crippen LogP contribution in [0.5, 0.6) is 0 Å². The van der Waals surface area contributed by atoms with E-state index in [1.807, 2.05) is 19.1 Å². The number of morpholine rings is 1. The number of nitrogens with zero attached hydrogens (tertiary/aromatic N) is 1. The van der Waals surface area contributed by atoms with E-state index in [-0.39, 0.29) is 11.9 Å². The molecule has 1 amide bonds. The van der Waals surface area contributed by atoms with Gasteiger partial charge in [-0.05, 0) is 36.8 Å². The van der Waals surface area contributed by atoms with Gasteiger partial charge in [-0.1, -0.05) is 35.3 Å². The Morgan fingerprint density at radius 1 is 1.26 bits per heavy atom. The van der Waals surface area contributed by atoms with Gasteiger partial charge in [0.25, 0.3) is 0 Å². The Morgan fingerprint density at radius 3 is 2.74 bits per heavy atom. The number of hydrogen-bond acceptors (Lipinski definition) is 4. The third-order valence-corrected chi connectivity index (χ3v) is 5.27. The molecular formula is C20H22Cl2N2O3. The maximum Gasteiger partial charge on any atom is 0.244 e. The van der Waals surface area contributed by atoms with Crippen LogP contribution in [0.15, 0.2) is 40.8 Å². The van der Waals surface area contributed by atoms with Gasteiger partial charge in [0, 0.05) is 25.7 Å². The van der Waals surface area contributed by atoms with Crippen LogP contribution in [0.4, 0.5) is 0 Å². The van der Waals surface area contributed by atoms with Crippen molar-refractivity contribution in [3.8, 4) is 0 Å². The molecule has 1 aromatic carbocycles. The molecule has 0 bridgehead atoms. The van der Waals surface area contributed by atoms with Gasteiger partial charge in [0.1, 0.15) is 11.5 Å². The first-order chi connectivity index (χ1) is 13.0. The van der Waals surface area contributed by atoms with Crippen molar-refractivity contribution < 1.29 is 13.9 Å². The first-order valence-electron chi connectivity index (χ1n) is 8.82. The minimum Gasteiger partial charge on any atom is -0.465 e. The standard InChI is InChI=1S/C20H22Cl2N2O3/c1-14-5-7-18(27-14)17(24-9-11-26-12-10-24)13-23-19(25)8-6-15-3-2-4-16(21)20(15)22/h2-8,17H,9-13H2,1H3,(H,23,25)/b8-6+. The lowest BCUT2D eigenvalue weighted by Crippen LogP contribution is -2.43. The molecule has 1 aliphatic rings. The highest BCUT2D eigenvalue weighted by atomic mass is 35.5. The molecule has 2 heterocycles. The van der Waals surface area contributed by atoms with Crippen molar-refractivity contribution in [1.82, 2.24) is 10.2 Å². The van der Waals surface area contributed by atoms with E-state index in [2.05, 4.69) is 10.2 Å². The van der Waals surface area contributed by atoms with Gasteiger partial charge in [0.05, 0.1) is 29.3 Å². The zero-order chi connectivity index (χ0) is 19.2. The van der Waals surface area contributed by atoms with Gasteiger partial charge in [-0.3, -0.25) is 9.69 Å². The molecule has 0 saturated carbocycles. The number of benzene rings is 1. The summed E-state index contributed by atoms with van der Waals surface area (Å²) in [5.74, 6) is 1.49. The van der Waals surface area contributed by atoms with Gasteiger partial charge < -0.3 is 14.5 Å². The second-order valence-corrected chi connectivity index (χ2v) is 7.12. The second kappa shape index (κ2) is 9.42. The Kier molecular flexibility index (Phi) is 6.96. The van der Waals surface area contributed by atoms with Gasteiger partial charge in [-0.2, -0.15) is 0 Å². The second-order valence-electron chi connectivity index (χ2n) is 6.33. The third kappa shape index (κ3) is 5.36. The number of aryl methyl sites for hydroxylation is 1. The largest absolute Gasteiger partial charge is 0.465 e. The molecule has 0 aliphatic carbocycles. The first-order valence-corrected chi connectivity index (χ1v) is 9.58. The average molecular weight is 409 g/mol. The first kappa shape index (κ1) is 20.0. The van der Waals surface area contributed by atoms with Crippen molar-refractivity contribution in [3.05, 3.63) is 63.5 Å². The maximum atomic E-state index is 12.3. The molecule has 2 aromatic rings. The number of ether oxygens (including phenoxy) is 1. The van der Waals surface area contributed by atoms with Crippen LogP contribution < -0.4 is 5.32 Å². The molecular weight excluding hydrogens is 387 g/mol. The molecule has 1 atom stereocenters. The molecule has 7 heteroatoms. The Bertz CT molecular complexity index is 813. The van der Waals surface area contributed by atoms with Crippen LogP contribution in [0.25, 0.3) is 6.08 Å². The minimum atomic E-state index is -0.201. The van der Waals surface area contributed by atoms with E-state index in [9.17, 15) is 4.79 Å². The van der Waals surface area contributed by atoms with Gasteiger partial charge >= 0.3 is 0 Å². The summed E-state index contributed by atoms with van der Waals surface area (Å²) in [5, 5.41) is 3.84. The molecule has 1 aromatic heterocycles. The van der Waals surface area contributed by atoms with E-state index >= 15 is 0 Å². The molecule has 0 radical (unpaired) electrons. The van der Waals surface area contributed by atoms with E-state index in [1.54, 1.807) is 24.3 Å². The summed E-state index contributed by atoms with van der Waals surface area (Å²) in [6.45, 7) is 5.31. The monoisotopic (exact) mass is 408 g/mol. The van der Waals surface area contributed by atoms with Crippen molar-refractivity contribution in [2.75, 3.05) is 32.8 Å². The molecule has 1 saturated heterocycles. The number of nitrogens with one attached hydrogen (secondary N) is 1. The predicted molar refractivity (Wildman–Crippen MR) is 107 cm³/mol. The predicted octanol–water partition coefficient (Wildman–Crippen LogP) is 4.10. The number of carbonyl (C=O) groups excluding carboxylic acids is 1. The number of amides is 1. The SMILES string of the molecule is Cc1ccc(C(CNC(=O)/C=C/c2cccc(Cl)c2Cl)N2CCOCC2)o1. The summed E-state index contributed by atoms with van der Waals surface area (Å²) >= 11 is 12.1. The molecule has 5 nitrogen and oxygen atoms in total. The number of furan rings is 1. The maximum absolute atomic E-state index is 12.3. The van der Waals surface area contributed by atoms with E-state index in [1.165, 1.54) is 6.08 Å². The molecule has 0 spiro atoms. The lowest BCUT2D eigenvalue weighted by Gasteiger charge is -2.33. The van der Waals surface area contributed by atoms with Gasteiger partial charge in [0.2, 0.25) is 5.91 Å². The van der Waals surface area contributed by atoms with Crippen LogP contribution in [0.3, 0.4) is 0 Å². The molecule has 1 aliphatic heterocycles. The van der Waals surface area contributed by atoms with Gasteiger partial charge in [-0.15, -0.1) is 0 Å². The van der Waals surface area contributed by atoms with E-state index < -0.39 is 0 Å². The molecule has 1 unspecified atom stereocenters. The summed E-state index contributed by atoms with van der Waals surface area (Å²) < 4.78 is 11.2. The number of halogens is 2. The van der Waals surface area contributed by atoms with Crippen LogP contribution >= 0.6 is 23.2 Å². The van der Waals surface area contributed by atoms with Crippen molar-refractivity contribution >= 4 is 35.2 Å². The Morgan fingerprint density at radius 2 is 2.04 bits per heavy atom. The summed E-state index contributed by atoms with van der Waals surface area (Å²) in [5.41, 5.74) is 0.700. The lowest BCUT2D eigenvalue weighted by molar-refractivity contribution is -0.116. The number of hydrogen-bond donors (Lipinski definition) is 1. The van der Waals surface area contributed by atoms with E-state index in [0.717, 1.165) is 24.6 Å². The minimum absolute atomic E-state index is 0.0327. The van der Waals surface area contributed by atoms with Crippen LogP contribution in [0.1, 0.15) is 23.1 Å². The van der Waals surface area contributed by atoms with Crippen molar-refractivity contribution in [1.29, 1.82) is 0 Å². The van der Waals surface area contributed by atoms with Gasteiger partial charge in [-0.25, -0.2) is 0 Å². The normalized spacial score (nSPS) is 16.6. The lowest BCUT2D eigenvalue weighted by atomic mass is 10.1. The Labute approximate surface area is 168 Å². The fourth-order valence-electron chi connectivity index (χ4n) is 3.00. The van der Waals surface area contributed by atoms with Crippen molar-refractivity contribution in [3.63, 3.8) is 0 Å². The summed E-state index contributed by atoms with van der Waals surface area (Å²) in [6, 6.07) is 9.17. The third-order valence-electron chi connectivity index (χ3n) is 4.44. The Balaban J connectivity index is 1.64. The van der Waals surface area contributed by atoms with Crippen LogP contribution in [0.2, 0.25) is 10.0 Å². The highest BCUT2D eigenvalue weighted by Crippen LogP contribution is 2.26. The van der Waals surface area contributed by atoms with Crippen LogP contribution in [0, 0.1) is 6.92 Å². The summed E-state index contributed by atoms with van der Waals surface area (Å²) in [6.07, 6.45) is 3.12. The Hall–Kier alpha value is -1.79. The molecule has 1 fully saturated rings. The fourth-order valence-corrected chi connectivity index (χ4v) is 3.37. The molecule has 144 valence electrons. The summed E-state index contributed by atoms with van der Waals surface area (Å²) in [7, 11) is 0. The van der Waals surface area contributed by atoms with E-state index in [0.29, 0.717) is 35.4 Å². The number of carbonyl (C=O) groups is 1. The topological polar surface area (TPSA) is 54.7 Å². The molecule has 3 rings (SSSR count). The zero-order valence-corrected chi connectivity index (χ0v) is 16.6. The van der Waals surface area contributed by atoms with Crippen LogP contribution in [-0.4, -0.2) is 43.7 Å². The fraction of sp³-hybridized carbons (Fsp3) is 0.350. The highest BCUT2D eigenvalue weighted by Gasteiger charge is 2.25. The highest BCUT2D eigenvalue weighted by molar-refractivity contribution is 6.42. The van der Waals surface area contributed by atoms with Gasteiger partial charge in [0.15, 0.2) is 0 Å². The molecule has 1 N–H and O–H groups in total. The average Bonchev–Trinajstić information content (AvgIpc) is 3.10. The molecule has 27 heavy (non-hydrogen) atoms. The smallest absolute Gasteiger partial charge is 0.244 e. The van der Waals surface area contributed by atoms with Crippen molar-refractivity contribution in [2.45, 2.75) is 13.0 Å². The van der Waals surface area contributed by atoms with Crippen molar-refractivity contribution in [2.24, 2.45) is 0 Å². The van der Waals surface area contributed by atoms with Crippen LogP contribution in [-0.2, 0) is 9.53 Å². The van der Waals surface area contributed by atoms with E-state index in [4.69, 9.17) is 32.4 Å². The quantitative estimate of drug-likeness (QED) is 0.730.